The number of benzene rings is 1. The minimum absolute atomic E-state index is 0.0265. The minimum atomic E-state index is -0.386. The van der Waals surface area contributed by atoms with E-state index in [1.54, 1.807) is 17.9 Å². The Balaban J connectivity index is 1.38. The van der Waals surface area contributed by atoms with Crippen molar-refractivity contribution in [1.82, 2.24) is 20.0 Å². The van der Waals surface area contributed by atoms with E-state index in [0.717, 1.165) is 36.1 Å². The summed E-state index contributed by atoms with van der Waals surface area (Å²) in [7, 11) is 0. The summed E-state index contributed by atoms with van der Waals surface area (Å²) in [6.07, 6.45) is 3.06. The second-order valence-corrected chi connectivity index (χ2v) is 8.25. The molecule has 0 spiro atoms. The lowest BCUT2D eigenvalue weighted by Gasteiger charge is -2.32. The molecule has 154 valence electrons. The Kier molecular flexibility index (Phi) is 5.58. The van der Waals surface area contributed by atoms with E-state index in [0.29, 0.717) is 44.2 Å². The van der Waals surface area contributed by atoms with Gasteiger partial charge in [0.25, 0.3) is 5.91 Å². The molecule has 2 aliphatic heterocycles. The third-order valence-corrected chi connectivity index (χ3v) is 6.45. The number of hydrogen-bond acceptors (Lipinski definition) is 3. The zero-order valence-electron chi connectivity index (χ0n) is 16.4. The largest absolute Gasteiger partial charge is 0.337 e. The number of carbonyl (C=O) groups excluding carboxylic acids is 2. The molecular formula is C21H24ClFN4O2. The summed E-state index contributed by atoms with van der Waals surface area (Å²) < 4.78 is 13.6. The number of fused-ring (bicyclic) bond motifs is 1. The number of rotatable bonds is 3. The molecule has 4 rings (SSSR count). The number of H-pyrrole nitrogens is 1. The van der Waals surface area contributed by atoms with Gasteiger partial charge in [0.05, 0.1) is 17.3 Å². The predicted octanol–water partition coefficient (Wildman–Crippen LogP) is 3.20. The monoisotopic (exact) mass is 418 g/mol. The van der Waals surface area contributed by atoms with Crippen LogP contribution in [0.4, 0.5) is 4.39 Å². The Labute approximate surface area is 174 Å². The number of likely N-dealkylation sites (tertiary alicyclic amines) is 1. The summed E-state index contributed by atoms with van der Waals surface area (Å²) in [4.78, 5) is 28.2. The smallest absolute Gasteiger partial charge is 0.274 e. The molecule has 6 nitrogen and oxygen atoms in total. The highest BCUT2D eigenvalue weighted by atomic mass is 35.5. The first-order valence-electron chi connectivity index (χ1n) is 9.97. The summed E-state index contributed by atoms with van der Waals surface area (Å²) in [6.45, 7) is 3.93. The summed E-state index contributed by atoms with van der Waals surface area (Å²) in [5.74, 6) is -0.0430. The molecule has 1 aromatic carbocycles. The first-order valence-corrected chi connectivity index (χ1v) is 10.4. The second-order valence-electron chi connectivity index (χ2n) is 7.87. The molecule has 0 aliphatic carbocycles. The Morgan fingerprint density at radius 1 is 1.24 bits per heavy atom. The van der Waals surface area contributed by atoms with Crippen LogP contribution in [0.1, 0.15) is 47.1 Å². The van der Waals surface area contributed by atoms with E-state index in [1.807, 2.05) is 11.0 Å². The predicted molar refractivity (Wildman–Crippen MR) is 107 cm³/mol. The van der Waals surface area contributed by atoms with Gasteiger partial charge in [0.2, 0.25) is 5.91 Å². The highest BCUT2D eigenvalue weighted by Gasteiger charge is 2.30. The maximum Gasteiger partial charge on any atom is 0.274 e. The van der Waals surface area contributed by atoms with Gasteiger partial charge in [-0.1, -0.05) is 23.7 Å². The number of hydrogen-bond donors (Lipinski definition) is 1. The molecule has 0 atom stereocenters. The average molecular weight is 419 g/mol. The Morgan fingerprint density at radius 2 is 2.00 bits per heavy atom. The van der Waals surface area contributed by atoms with Gasteiger partial charge in [0.1, 0.15) is 5.82 Å². The zero-order valence-corrected chi connectivity index (χ0v) is 17.1. The Hall–Kier alpha value is -2.41. The van der Waals surface area contributed by atoms with Crippen LogP contribution in [0, 0.1) is 11.7 Å². The highest BCUT2D eigenvalue weighted by molar-refractivity contribution is 6.31. The molecule has 0 saturated carbocycles. The molecule has 1 N–H and O–H groups in total. The van der Waals surface area contributed by atoms with Crippen LogP contribution in [-0.4, -0.2) is 51.4 Å². The Bertz CT molecular complexity index is 937. The lowest BCUT2D eigenvalue weighted by molar-refractivity contribution is -0.129. The van der Waals surface area contributed by atoms with Gasteiger partial charge in [-0.3, -0.25) is 14.7 Å². The van der Waals surface area contributed by atoms with Gasteiger partial charge >= 0.3 is 0 Å². The van der Waals surface area contributed by atoms with Gasteiger partial charge in [-0.2, -0.15) is 5.10 Å². The van der Waals surface area contributed by atoms with Gasteiger partial charge in [-0.15, -0.1) is 0 Å². The van der Waals surface area contributed by atoms with Crippen molar-refractivity contribution < 1.29 is 14.0 Å². The van der Waals surface area contributed by atoms with Gasteiger partial charge in [0.15, 0.2) is 5.69 Å². The number of amides is 2. The molecular weight excluding hydrogens is 395 g/mol. The van der Waals surface area contributed by atoms with Crippen LogP contribution in [0.25, 0.3) is 0 Å². The Morgan fingerprint density at radius 3 is 2.72 bits per heavy atom. The molecule has 2 aliphatic rings. The molecule has 1 saturated heterocycles. The summed E-state index contributed by atoms with van der Waals surface area (Å²) in [5.41, 5.74) is 3.09. The van der Waals surface area contributed by atoms with Crippen molar-refractivity contribution in [3.8, 4) is 0 Å². The van der Waals surface area contributed by atoms with E-state index in [-0.39, 0.29) is 22.7 Å². The fourth-order valence-electron chi connectivity index (χ4n) is 4.27. The van der Waals surface area contributed by atoms with Crippen LogP contribution < -0.4 is 0 Å². The van der Waals surface area contributed by atoms with E-state index in [4.69, 9.17) is 11.6 Å². The third-order valence-electron chi connectivity index (χ3n) is 6.02. The van der Waals surface area contributed by atoms with Crippen LogP contribution >= 0.6 is 11.6 Å². The second kappa shape index (κ2) is 8.14. The molecule has 2 aromatic rings. The van der Waals surface area contributed by atoms with Crippen LogP contribution in [0.3, 0.4) is 0 Å². The van der Waals surface area contributed by atoms with Crippen LogP contribution in [0.2, 0.25) is 5.02 Å². The SMILES string of the molecule is CC(=O)N1CCc2c(C(=O)N3CCC(Cc4cccc(F)c4Cl)CC3)n[nH]c2C1. The summed E-state index contributed by atoms with van der Waals surface area (Å²) in [5, 5.41) is 7.41. The molecule has 0 bridgehead atoms. The molecule has 3 heterocycles. The van der Waals surface area contributed by atoms with Gasteiger partial charge < -0.3 is 9.80 Å². The highest BCUT2D eigenvalue weighted by Crippen LogP contribution is 2.28. The molecule has 1 aromatic heterocycles. The van der Waals surface area contributed by atoms with E-state index in [1.165, 1.54) is 6.07 Å². The molecule has 8 heteroatoms. The number of nitrogens with one attached hydrogen (secondary N) is 1. The van der Waals surface area contributed by atoms with Crippen molar-refractivity contribution in [2.45, 2.75) is 39.2 Å². The van der Waals surface area contributed by atoms with Crippen LogP contribution in [-0.2, 0) is 24.2 Å². The van der Waals surface area contributed by atoms with E-state index >= 15 is 0 Å². The molecule has 0 radical (unpaired) electrons. The number of carbonyl (C=O) groups is 2. The molecule has 0 unspecified atom stereocenters. The number of nitrogens with zero attached hydrogens (tertiary/aromatic N) is 3. The van der Waals surface area contributed by atoms with Crippen molar-refractivity contribution in [2.75, 3.05) is 19.6 Å². The van der Waals surface area contributed by atoms with Gasteiger partial charge in [-0.25, -0.2) is 4.39 Å². The molecule has 1 fully saturated rings. The van der Waals surface area contributed by atoms with Crippen LogP contribution in [0.15, 0.2) is 18.2 Å². The van der Waals surface area contributed by atoms with Crippen molar-refractivity contribution in [3.63, 3.8) is 0 Å². The van der Waals surface area contributed by atoms with E-state index < -0.39 is 0 Å². The van der Waals surface area contributed by atoms with Crippen LogP contribution in [0.5, 0.6) is 0 Å². The summed E-state index contributed by atoms with van der Waals surface area (Å²) in [6, 6.07) is 4.92. The topological polar surface area (TPSA) is 69.3 Å². The first-order chi connectivity index (χ1) is 13.9. The summed E-state index contributed by atoms with van der Waals surface area (Å²) >= 11 is 6.08. The molecule has 29 heavy (non-hydrogen) atoms. The maximum absolute atomic E-state index is 13.6. The first kappa shape index (κ1) is 19.9. The van der Waals surface area contributed by atoms with E-state index in [9.17, 15) is 14.0 Å². The van der Waals surface area contributed by atoms with Crippen molar-refractivity contribution in [1.29, 1.82) is 0 Å². The van der Waals surface area contributed by atoms with Crippen molar-refractivity contribution >= 4 is 23.4 Å². The van der Waals surface area contributed by atoms with E-state index in [2.05, 4.69) is 10.2 Å². The fourth-order valence-corrected chi connectivity index (χ4v) is 4.47. The standard InChI is InChI=1S/C21H24ClFN4O2/c1-13(28)27-10-7-16-18(12-27)24-25-20(16)21(29)26-8-5-14(6-9-26)11-15-3-2-4-17(23)19(15)22/h2-4,14H,5-12H2,1H3,(H,24,25). The number of piperidine rings is 1. The lowest BCUT2D eigenvalue weighted by atomic mass is 9.90. The third kappa shape index (κ3) is 4.01. The quantitative estimate of drug-likeness (QED) is 0.832. The maximum atomic E-state index is 13.6. The van der Waals surface area contributed by atoms with Gasteiger partial charge in [-0.05, 0) is 43.2 Å². The number of halogens is 2. The number of aromatic amines is 1. The minimum Gasteiger partial charge on any atom is -0.337 e. The molecule has 2 amide bonds. The average Bonchev–Trinajstić information content (AvgIpc) is 3.14. The van der Waals surface area contributed by atoms with Crippen molar-refractivity contribution in [3.05, 3.63) is 51.6 Å². The number of aromatic nitrogens is 2. The fraction of sp³-hybridized carbons (Fsp3) is 0.476. The lowest BCUT2D eigenvalue weighted by Crippen LogP contribution is -2.40. The van der Waals surface area contributed by atoms with Crippen molar-refractivity contribution in [2.24, 2.45) is 5.92 Å². The van der Waals surface area contributed by atoms with Gasteiger partial charge in [0, 0.05) is 32.1 Å². The normalized spacial score (nSPS) is 17.3. The zero-order chi connectivity index (χ0) is 20.5.